The second-order valence-electron chi connectivity index (χ2n) is 4.95. The van der Waals surface area contributed by atoms with Gasteiger partial charge in [0, 0.05) is 20.2 Å². The minimum Gasteiger partial charge on any atom is -0.486 e. The van der Waals surface area contributed by atoms with E-state index in [2.05, 4.69) is 36.5 Å². The predicted octanol–water partition coefficient (Wildman–Crippen LogP) is 2.40. The van der Waals surface area contributed by atoms with E-state index in [1.165, 1.54) is 5.56 Å². The lowest BCUT2D eigenvalue weighted by Gasteiger charge is -2.19. The summed E-state index contributed by atoms with van der Waals surface area (Å²) < 4.78 is 11.1. The normalized spacial score (nSPS) is 16.6. The Morgan fingerprint density at radius 3 is 2.50 bits per heavy atom. The third-order valence-electron chi connectivity index (χ3n) is 3.40. The van der Waals surface area contributed by atoms with E-state index in [1.807, 2.05) is 0 Å². The van der Waals surface area contributed by atoms with E-state index >= 15 is 0 Å². The molecule has 1 aromatic rings. The Bertz CT molecular complexity index is 357. The lowest BCUT2D eigenvalue weighted by Crippen LogP contribution is -2.34. The molecule has 0 atom stereocenters. The standard InChI is InChI=1S/C15H23NO2/c1-3-13-4-6-14(7-5-13)18-15(8-9-15)12-16-10-11-17-2/h4-7,16H,3,8-12H2,1-2H3. The van der Waals surface area contributed by atoms with Gasteiger partial charge in [-0.1, -0.05) is 19.1 Å². The summed E-state index contributed by atoms with van der Waals surface area (Å²) in [6.07, 6.45) is 3.36. The molecule has 18 heavy (non-hydrogen) atoms. The van der Waals surface area contributed by atoms with Gasteiger partial charge in [0.1, 0.15) is 11.4 Å². The van der Waals surface area contributed by atoms with Crippen LogP contribution in [0.25, 0.3) is 0 Å². The van der Waals surface area contributed by atoms with E-state index in [4.69, 9.17) is 9.47 Å². The van der Waals surface area contributed by atoms with Crippen molar-refractivity contribution in [3.05, 3.63) is 29.8 Å². The third-order valence-corrected chi connectivity index (χ3v) is 3.40. The second-order valence-corrected chi connectivity index (χ2v) is 4.95. The molecule has 1 aromatic carbocycles. The molecule has 1 N–H and O–H groups in total. The molecule has 0 unspecified atom stereocenters. The first kappa shape index (κ1) is 13.4. The van der Waals surface area contributed by atoms with Gasteiger partial charge in [0.15, 0.2) is 0 Å². The van der Waals surface area contributed by atoms with Crippen LogP contribution >= 0.6 is 0 Å². The minimum atomic E-state index is 0.0292. The van der Waals surface area contributed by atoms with Crippen LogP contribution in [0.1, 0.15) is 25.3 Å². The van der Waals surface area contributed by atoms with E-state index in [-0.39, 0.29) is 5.60 Å². The monoisotopic (exact) mass is 249 g/mol. The van der Waals surface area contributed by atoms with Crippen molar-refractivity contribution in [3.63, 3.8) is 0 Å². The number of hydrogen-bond donors (Lipinski definition) is 1. The largest absolute Gasteiger partial charge is 0.486 e. The SMILES string of the molecule is CCc1ccc(OC2(CNCCOC)CC2)cc1. The lowest BCUT2D eigenvalue weighted by atomic mass is 10.2. The summed E-state index contributed by atoms with van der Waals surface area (Å²) in [7, 11) is 1.72. The van der Waals surface area contributed by atoms with Crippen LogP contribution in [0.15, 0.2) is 24.3 Å². The molecule has 0 amide bonds. The highest BCUT2D eigenvalue weighted by molar-refractivity contribution is 5.28. The van der Waals surface area contributed by atoms with Crippen molar-refractivity contribution in [2.45, 2.75) is 31.8 Å². The van der Waals surface area contributed by atoms with Crippen LogP contribution in [0.4, 0.5) is 0 Å². The number of hydrogen-bond acceptors (Lipinski definition) is 3. The van der Waals surface area contributed by atoms with Gasteiger partial charge in [-0.15, -0.1) is 0 Å². The van der Waals surface area contributed by atoms with Gasteiger partial charge in [-0.05, 0) is 37.0 Å². The molecular formula is C15H23NO2. The molecule has 2 rings (SSSR count). The number of nitrogens with one attached hydrogen (secondary N) is 1. The first-order chi connectivity index (χ1) is 8.78. The van der Waals surface area contributed by atoms with Gasteiger partial charge in [0.05, 0.1) is 6.61 Å². The molecule has 3 nitrogen and oxygen atoms in total. The fourth-order valence-corrected chi connectivity index (χ4v) is 1.99. The summed E-state index contributed by atoms with van der Waals surface area (Å²) in [4.78, 5) is 0. The molecule has 0 heterocycles. The van der Waals surface area contributed by atoms with Crippen molar-refractivity contribution in [2.24, 2.45) is 0 Å². The number of benzene rings is 1. The van der Waals surface area contributed by atoms with E-state index < -0.39 is 0 Å². The minimum absolute atomic E-state index is 0.0292. The van der Waals surface area contributed by atoms with Crippen LogP contribution in [0.2, 0.25) is 0 Å². The molecule has 1 aliphatic carbocycles. The molecule has 0 bridgehead atoms. The van der Waals surface area contributed by atoms with Gasteiger partial charge in [-0.25, -0.2) is 0 Å². The zero-order valence-electron chi connectivity index (χ0n) is 11.4. The van der Waals surface area contributed by atoms with Gasteiger partial charge < -0.3 is 14.8 Å². The van der Waals surface area contributed by atoms with Gasteiger partial charge in [0.25, 0.3) is 0 Å². The number of rotatable bonds is 8. The van der Waals surface area contributed by atoms with Crippen LogP contribution in [0.3, 0.4) is 0 Å². The Balaban J connectivity index is 1.80. The summed E-state index contributed by atoms with van der Waals surface area (Å²) in [5.41, 5.74) is 1.38. The Morgan fingerprint density at radius 2 is 1.94 bits per heavy atom. The van der Waals surface area contributed by atoms with Crippen molar-refractivity contribution in [2.75, 3.05) is 26.8 Å². The molecule has 100 valence electrons. The van der Waals surface area contributed by atoms with Gasteiger partial charge in [-0.2, -0.15) is 0 Å². The van der Waals surface area contributed by atoms with E-state index in [9.17, 15) is 0 Å². The average molecular weight is 249 g/mol. The Morgan fingerprint density at radius 1 is 1.22 bits per heavy atom. The van der Waals surface area contributed by atoms with Gasteiger partial charge in [-0.3, -0.25) is 0 Å². The fourth-order valence-electron chi connectivity index (χ4n) is 1.99. The van der Waals surface area contributed by atoms with Crippen molar-refractivity contribution < 1.29 is 9.47 Å². The summed E-state index contributed by atoms with van der Waals surface area (Å²) >= 11 is 0. The Labute approximate surface area is 109 Å². The molecule has 0 saturated heterocycles. The lowest BCUT2D eigenvalue weighted by molar-refractivity contribution is 0.162. The number of aryl methyl sites for hydroxylation is 1. The molecule has 0 spiro atoms. The van der Waals surface area contributed by atoms with Gasteiger partial charge >= 0.3 is 0 Å². The maximum Gasteiger partial charge on any atom is 0.122 e. The second kappa shape index (κ2) is 6.21. The van der Waals surface area contributed by atoms with E-state index in [0.29, 0.717) is 0 Å². The molecule has 1 saturated carbocycles. The third kappa shape index (κ3) is 3.72. The Hall–Kier alpha value is -1.06. The topological polar surface area (TPSA) is 30.5 Å². The van der Waals surface area contributed by atoms with E-state index in [0.717, 1.165) is 44.7 Å². The predicted molar refractivity (Wildman–Crippen MR) is 73.2 cm³/mol. The molecule has 0 radical (unpaired) electrons. The highest BCUT2D eigenvalue weighted by Gasteiger charge is 2.45. The summed E-state index contributed by atoms with van der Waals surface area (Å²) in [6, 6.07) is 8.44. The molecule has 1 aliphatic rings. The highest BCUT2D eigenvalue weighted by Crippen LogP contribution is 2.39. The Kier molecular flexibility index (Phi) is 4.61. The summed E-state index contributed by atoms with van der Waals surface area (Å²) in [6.45, 7) is 4.71. The first-order valence-corrected chi connectivity index (χ1v) is 6.75. The number of ether oxygens (including phenoxy) is 2. The average Bonchev–Trinajstić information content (AvgIpc) is 3.16. The van der Waals surface area contributed by atoms with Crippen LogP contribution in [0, 0.1) is 0 Å². The zero-order valence-corrected chi connectivity index (χ0v) is 11.4. The van der Waals surface area contributed by atoms with Crippen molar-refractivity contribution >= 4 is 0 Å². The maximum atomic E-state index is 6.09. The van der Waals surface area contributed by atoms with Crippen LogP contribution in [-0.2, 0) is 11.2 Å². The quantitative estimate of drug-likeness (QED) is 0.718. The molecule has 1 fully saturated rings. The molecule has 0 aromatic heterocycles. The van der Waals surface area contributed by atoms with Crippen molar-refractivity contribution in [1.82, 2.24) is 5.32 Å². The van der Waals surface area contributed by atoms with Crippen LogP contribution in [-0.4, -0.2) is 32.4 Å². The molecular weight excluding hydrogens is 226 g/mol. The molecule has 0 aliphatic heterocycles. The number of methoxy groups -OCH3 is 1. The first-order valence-electron chi connectivity index (χ1n) is 6.75. The zero-order chi connectivity index (χ0) is 12.8. The van der Waals surface area contributed by atoms with Crippen LogP contribution < -0.4 is 10.1 Å². The highest BCUT2D eigenvalue weighted by atomic mass is 16.5. The summed E-state index contributed by atoms with van der Waals surface area (Å²) in [5.74, 6) is 0.984. The van der Waals surface area contributed by atoms with Crippen LogP contribution in [0.5, 0.6) is 5.75 Å². The maximum absolute atomic E-state index is 6.09. The van der Waals surface area contributed by atoms with Crippen molar-refractivity contribution in [1.29, 1.82) is 0 Å². The van der Waals surface area contributed by atoms with E-state index in [1.54, 1.807) is 7.11 Å². The van der Waals surface area contributed by atoms with Crippen molar-refractivity contribution in [3.8, 4) is 5.75 Å². The smallest absolute Gasteiger partial charge is 0.122 e. The summed E-state index contributed by atoms with van der Waals surface area (Å²) in [5, 5.41) is 3.38. The molecule has 3 heteroatoms. The van der Waals surface area contributed by atoms with Gasteiger partial charge in [0.2, 0.25) is 0 Å². The fraction of sp³-hybridized carbons (Fsp3) is 0.600.